The van der Waals surface area contributed by atoms with Crippen LogP contribution < -0.4 is 0 Å². The van der Waals surface area contributed by atoms with Crippen LogP contribution in [0.1, 0.15) is 22.3 Å². The van der Waals surface area contributed by atoms with E-state index >= 15 is 0 Å². The Morgan fingerprint density at radius 1 is 1.40 bits per heavy atom. The molecule has 0 fully saturated rings. The molecule has 0 unspecified atom stereocenters. The smallest absolute Gasteiger partial charge is 0.189 e. The number of aryl methyl sites for hydroxylation is 1. The number of carbonyl (C=O) groups excluding carboxylic acids is 1. The van der Waals surface area contributed by atoms with Crippen molar-refractivity contribution in [1.82, 2.24) is 0 Å². The fourth-order valence-electron chi connectivity index (χ4n) is 1.71. The molecule has 0 bridgehead atoms. The zero-order chi connectivity index (χ0) is 10.8. The van der Waals surface area contributed by atoms with Gasteiger partial charge in [-0.3, -0.25) is 4.79 Å². The summed E-state index contributed by atoms with van der Waals surface area (Å²) >= 11 is 0.514. The molecule has 0 spiro atoms. The van der Waals surface area contributed by atoms with Crippen molar-refractivity contribution in [2.24, 2.45) is 0 Å². The number of halogens is 1. The van der Waals surface area contributed by atoms with Gasteiger partial charge in [0.05, 0.1) is 0 Å². The molecule has 2 nitrogen and oxygen atoms in total. The number of carbonyl (C=O) groups is 1. The number of fused-ring (bicyclic) bond motifs is 1. The molecule has 78 valence electrons. The summed E-state index contributed by atoms with van der Waals surface area (Å²) in [5.41, 5.74) is 1.84. The average molecular weight is 224 g/mol. The summed E-state index contributed by atoms with van der Waals surface area (Å²) in [6.45, 7) is 0. The zero-order valence-electron chi connectivity index (χ0n) is 7.87. The first-order valence-corrected chi connectivity index (χ1v) is 5.38. The third-order valence-corrected chi connectivity index (χ3v) is 2.86. The monoisotopic (exact) mass is 224 g/mol. The number of hydrogen-bond donors (Lipinski definition) is 1. The Kier molecular flexibility index (Phi) is 2.88. The van der Waals surface area contributed by atoms with Crippen LogP contribution in [0, 0.1) is 5.82 Å². The molecule has 15 heavy (non-hydrogen) atoms. The van der Waals surface area contributed by atoms with Gasteiger partial charge in [-0.15, -0.1) is 0 Å². The van der Waals surface area contributed by atoms with Crippen molar-refractivity contribution >= 4 is 17.8 Å². The lowest BCUT2D eigenvalue weighted by Crippen LogP contribution is -2.14. The largest absolute Gasteiger partial charge is 0.326 e. The Bertz CT molecular complexity index is 440. The summed E-state index contributed by atoms with van der Waals surface area (Å²) in [4.78, 5) is 11.8. The van der Waals surface area contributed by atoms with Crippen LogP contribution in [0.4, 0.5) is 4.39 Å². The normalized spacial score (nSPS) is 18.0. The van der Waals surface area contributed by atoms with Crippen molar-refractivity contribution in [2.75, 3.05) is 0 Å². The second kappa shape index (κ2) is 4.16. The van der Waals surface area contributed by atoms with Crippen LogP contribution in [0.25, 0.3) is 0 Å². The Morgan fingerprint density at radius 2 is 2.20 bits per heavy atom. The standard InChI is InChI=1S/C11H9FO2S/c12-9-4-3-7-1-2-8(6-15-14)11(13)10(7)5-9/h3-6,14H,1-2H2/b8-6-. The van der Waals surface area contributed by atoms with Crippen molar-refractivity contribution in [3.8, 4) is 0 Å². The Hall–Kier alpha value is -1.13. The quantitative estimate of drug-likeness (QED) is 0.588. The Morgan fingerprint density at radius 3 is 2.93 bits per heavy atom. The summed E-state index contributed by atoms with van der Waals surface area (Å²) < 4.78 is 21.6. The second-order valence-corrected chi connectivity index (χ2v) is 3.83. The fourth-order valence-corrected chi connectivity index (χ4v) is 2.06. The predicted octanol–water partition coefficient (Wildman–Crippen LogP) is 3.04. The van der Waals surface area contributed by atoms with E-state index in [0.29, 0.717) is 36.0 Å². The maximum absolute atomic E-state index is 13.0. The number of hydrogen-bond acceptors (Lipinski definition) is 3. The molecular weight excluding hydrogens is 215 g/mol. The number of allylic oxidation sites excluding steroid dienone is 1. The van der Waals surface area contributed by atoms with E-state index < -0.39 is 5.82 Å². The zero-order valence-corrected chi connectivity index (χ0v) is 8.68. The SMILES string of the molecule is O=C1/C(=C\SO)CCc2ccc(F)cc21. The van der Waals surface area contributed by atoms with Crippen molar-refractivity contribution < 1.29 is 13.7 Å². The Balaban J connectivity index is 2.45. The summed E-state index contributed by atoms with van der Waals surface area (Å²) in [5, 5.41) is 1.41. The molecular formula is C11H9FO2S. The molecule has 0 saturated heterocycles. The van der Waals surface area contributed by atoms with E-state index in [1.165, 1.54) is 17.5 Å². The van der Waals surface area contributed by atoms with Gasteiger partial charge in [-0.2, -0.15) is 0 Å². The van der Waals surface area contributed by atoms with E-state index in [4.69, 9.17) is 4.55 Å². The van der Waals surface area contributed by atoms with E-state index in [0.717, 1.165) is 5.56 Å². The van der Waals surface area contributed by atoms with Gasteiger partial charge in [-0.25, -0.2) is 4.39 Å². The molecule has 0 atom stereocenters. The molecule has 2 rings (SSSR count). The van der Waals surface area contributed by atoms with E-state index in [9.17, 15) is 9.18 Å². The van der Waals surface area contributed by atoms with Crippen LogP contribution >= 0.6 is 12.0 Å². The third-order valence-electron chi connectivity index (χ3n) is 2.47. The van der Waals surface area contributed by atoms with Crippen molar-refractivity contribution in [3.05, 3.63) is 46.1 Å². The number of Topliss-reactive ketones (excluding diaryl/α,β-unsaturated/α-hetero) is 1. The van der Waals surface area contributed by atoms with Gasteiger partial charge < -0.3 is 4.55 Å². The van der Waals surface area contributed by atoms with Crippen LogP contribution in [0.3, 0.4) is 0 Å². The van der Waals surface area contributed by atoms with E-state index in [1.54, 1.807) is 6.07 Å². The molecule has 1 aromatic carbocycles. The van der Waals surface area contributed by atoms with Crippen LogP contribution in [-0.4, -0.2) is 10.3 Å². The first-order chi connectivity index (χ1) is 7.22. The van der Waals surface area contributed by atoms with Crippen LogP contribution in [0.2, 0.25) is 0 Å². The maximum Gasteiger partial charge on any atom is 0.189 e. The lowest BCUT2D eigenvalue weighted by molar-refractivity contribution is 0.102. The maximum atomic E-state index is 13.0. The van der Waals surface area contributed by atoms with Crippen LogP contribution in [0.5, 0.6) is 0 Å². The lowest BCUT2D eigenvalue weighted by atomic mass is 9.88. The highest BCUT2D eigenvalue weighted by Crippen LogP contribution is 2.26. The summed E-state index contributed by atoms with van der Waals surface area (Å²) in [6, 6.07) is 4.26. The first kappa shape index (κ1) is 10.4. The van der Waals surface area contributed by atoms with Gasteiger partial charge in [0.2, 0.25) is 0 Å². The highest BCUT2D eigenvalue weighted by Gasteiger charge is 2.21. The summed E-state index contributed by atoms with van der Waals surface area (Å²) in [5.74, 6) is -0.586. The molecule has 1 N–H and O–H groups in total. The topological polar surface area (TPSA) is 37.3 Å². The molecule has 0 aliphatic heterocycles. The van der Waals surface area contributed by atoms with Crippen molar-refractivity contribution in [2.45, 2.75) is 12.8 Å². The lowest BCUT2D eigenvalue weighted by Gasteiger charge is -2.16. The molecule has 4 heteroatoms. The molecule has 0 heterocycles. The highest BCUT2D eigenvalue weighted by molar-refractivity contribution is 7.96. The summed E-state index contributed by atoms with van der Waals surface area (Å²) in [7, 11) is 0. The second-order valence-electron chi connectivity index (χ2n) is 3.38. The van der Waals surface area contributed by atoms with Crippen molar-refractivity contribution in [1.29, 1.82) is 0 Å². The van der Waals surface area contributed by atoms with Gasteiger partial charge in [0.1, 0.15) is 5.82 Å². The Labute approximate surface area is 91.0 Å². The van der Waals surface area contributed by atoms with E-state index in [1.807, 2.05) is 0 Å². The molecule has 0 amide bonds. The van der Waals surface area contributed by atoms with Crippen molar-refractivity contribution in [3.63, 3.8) is 0 Å². The summed E-state index contributed by atoms with van der Waals surface area (Å²) in [6.07, 6.45) is 1.32. The predicted molar refractivity (Wildman–Crippen MR) is 57.4 cm³/mol. The number of ketones is 1. The minimum Gasteiger partial charge on any atom is -0.326 e. The van der Waals surface area contributed by atoms with Crippen LogP contribution in [-0.2, 0) is 6.42 Å². The van der Waals surface area contributed by atoms with Gasteiger partial charge in [-0.1, -0.05) is 6.07 Å². The molecule has 1 aliphatic carbocycles. The number of benzene rings is 1. The molecule has 0 radical (unpaired) electrons. The van der Waals surface area contributed by atoms with Gasteiger partial charge in [0.25, 0.3) is 0 Å². The van der Waals surface area contributed by atoms with Gasteiger partial charge in [-0.05, 0) is 30.5 Å². The molecule has 0 saturated carbocycles. The molecule has 1 aromatic rings. The minimum atomic E-state index is -0.403. The highest BCUT2D eigenvalue weighted by atomic mass is 32.2. The van der Waals surface area contributed by atoms with Crippen LogP contribution in [0.15, 0.2) is 29.2 Å². The average Bonchev–Trinajstić information content (AvgIpc) is 2.23. The number of rotatable bonds is 1. The van der Waals surface area contributed by atoms with E-state index in [-0.39, 0.29) is 5.78 Å². The van der Waals surface area contributed by atoms with Gasteiger partial charge >= 0.3 is 0 Å². The molecule has 1 aliphatic rings. The first-order valence-electron chi connectivity index (χ1n) is 4.55. The fraction of sp³-hybridized carbons (Fsp3) is 0.182. The minimum absolute atomic E-state index is 0.183. The van der Waals surface area contributed by atoms with Gasteiger partial charge in [0.15, 0.2) is 5.78 Å². The van der Waals surface area contributed by atoms with E-state index in [2.05, 4.69) is 0 Å². The van der Waals surface area contributed by atoms with Gasteiger partial charge in [0, 0.05) is 28.6 Å². The third kappa shape index (κ3) is 1.96. The molecule has 0 aromatic heterocycles.